The van der Waals surface area contributed by atoms with Crippen LogP contribution >= 0.6 is 0 Å². The zero-order chi connectivity index (χ0) is 21.3. The molecule has 0 radical (unpaired) electrons. The summed E-state index contributed by atoms with van der Waals surface area (Å²) in [5.41, 5.74) is 1.32. The van der Waals surface area contributed by atoms with Crippen LogP contribution in [0.1, 0.15) is 25.7 Å². The highest BCUT2D eigenvalue weighted by Crippen LogP contribution is 2.25. The largest absolute Gasteiger partial charge is 0.439 e. The minimum Gasteiger partial charge on any atom is -0.439 e. The molecule has 4 rings (SSSR count). The van der Waals surface area contributed by atoms with Crippen LogP contribution in [0.5, 0.6) is 0 Å². The number of aryl methyl sites for hydroxylation is 1. The standard InChI is InChI=1S/C21H23F2N5O2/c1-13-24-11-18(30-13)16-4-3-15-10-25-19(9-17(15)26-16)27-20(29)14-5-7-28(8-6-14)12-21(2,22)23/h3-4,9-11,14H,5-8,12H2,1-2H3,(H,25,27,29). The Morgan fingerprint density at radius 2 is 2.03 bits per heavy atom. The van der Waals surface area contributed by atoms with E-state index >= 15 is 0 Å². The normalized spacial score (nSPS) is 16.1. The van der Waals surface area contributed by atoms with Crippen LogP contribution in [-0.2, 0) is 4.79 Å². The van der Waals surface area contributed by atoms with E-state index in [0.717, 1.165) is 12.3 Å². The predicted octanol–water partition coefficient (Wildman–Crippen LogP) is 3.90. The molecular weight excluding hydrogens is 392 g/mol. The molecule has 30 heavy (non-hydrogen) atoms. The zero-order valence-corrected chi connectivity index (χ0v) is 16.9. The lowest BCUT2D eigenvalue weighted by atomic mass is 9.95. The fourth-order valence-corrected chi connectivity index (χ4v) is 3.68. The molecule has 0 bridgehead atoms. The summed E-state index contributed by atoms with van der Waals surface area (Å²) in [7, 11) is 0. The van der Waals surface area contributed by atoms with Crippen molar-refractivity contribution in [1.29, 1.82) is 0 Å². The van der Waals surface area contributed by atoms with Gasteiger partial charge in [0.25, 0.3) is 5.92 Å². The molecule has 0 atom stereocenters. The third-order valence-corrected chi connectivity index (χ3v) is 5.16. The number of alkyl halides is 2. The fourth-order valence-electron chi connectivity index (χ4n) is 3.68. The molecule has 1 amide bonds. The number of oxazole rings is 1. The average Bonchev–Trinajstić information content (AvgIpc) is 3.13. The van der Waals surface area contributed by atoms with E-state index in [2.05, 4.69) is 20.3 Å². The molecule has 0 aromatic carbocycles. The van der Waals surface area contributed by atoms with E-state index in [1.165, 1.54) is 0 Å². The second-order valence-corrected chi connectivity index (χ2v) is 7.81. The van der Waals surface area contributed by atoms with Gasteiger partial charge in [0, 0.05) is 37.4 Å². The lowest BCUT2D eigenvalue weighted by Gasteiger charge is -2.32. The van der Waals surface area contributed by atoms with E-state index in [1.807, 2.05) is 12.1 Å². The molecule has 0 saturated carbocycles. The Morgan fingerprint density at radius 1 is 1.27 bits per heavy atom. The van der Waals surface area contributed by atoms with Crippen LogP contribution in [0.3, 0.4) is 0 Å². The van der Waals surface area contributed by atoms with Crippen molar-refractivity contribution in [2.24, 2.45) is 5.92 Å². The SMILES string of the molecule is Cc1ncc(-c2ccc3cnc(NC(=O)C4CCN(CC(C)(F)F)CC4)cc3n2)o1. The molecule has 158 valence electrons. The quantitative estimate of drug-likeness (QED) is 0.680. The number of hydrogen-bond acceptors (Lipinski definition) is 6. The van der Waals surface area contributed by atoms with Crippen molar-refractivity contribution in [3.8, 4) is 11.5 Å². The van der Waals surface area contributed by atoms with Gasteiger partial charge < -0.3 is 9.73 Å². The molecule has 4 heterocycles. The number of aromatic nitrogens is 3. The molecule has 1 aliphatic heterocycles. The van der Waals surface area contributed by atoms with Crippen molar-refractivity contribution in [2.45, 2.75) is 32.6 Å². The van der Waals surface area contributed by atoms with E-state index in [1.54, 1.807) is 30.3 Å². The van der Waals surface area contributed by atoms with Gasteiger partial charge in [-0.15, -0.1) is 0 Å². The number of amides is 1. The number of halogens is 2. The van der Waals surface area contributed by atoms with Crippen LogP contribution in [-0.4, -0.2) is 51.3 Å². The lowest BCUT2D eigenvalue weighted by Crippen LogP contribution is -2.42. The first kappa shape index (κ1) is 20.3. The summed E-state index contributed by atoms with van der Waals surface area (Å²) in [4.78, 5) is 27.3. The molecule has 9 heteroatoms. The number of nitrogens with one attached hydrogen (secondary N) is 1. The molecule has 0 aliphatic carbocycles. The Kier molecular flexibility index (Phi) is 5.46. The topological polar surface area (TPSA) is 84.2 Å². The highest BCUT2D eigenvalue weighted by Gasteiger charge is 2.30. The number of carbonyl (C=O) groups is 1. The second kappa shape index (κ2) is 8.06. The highest BCUT2D eigenvalue weighted by molar-refractivity contribution is 5.93. The van der Waals surface area contributed by atoms with Gasteiger partial charge in [0.15, 0.2) is 11.7 Å². The second-order valence-electron chi connectivity index (χ2n) is 7.81. The van der Waals surface area contributed by atoms with E-state index in [4.69, 9.17) is 4.42 Å². The Labute approximate surface area is 172 Å². The summed E-state index contributed by atoms with van der Waals surface area (Å²) < 4.78 is 31.9. The fraction of sp³-hybridized carbons (Fsp3) is 0.429. The van der Waals surface area contributed by atoms with E-state index in [0.29, 0.717) is 54.6 Å². The van der Waals surface area contributed by atoms with Crippen molar-refractivity contribution in [1.82, 2.24) is 19.9 Å². The summed E-state index contributed by atoms with van der Waals surface area (Å²) >= 11 is 0. The Morgan fingerprint density at radius 3 is 2.70 bits per heavy atom. The molecule has 1 saturated heterocycles. The van der Waals surface area contributed by atoms with Gasteiger partial charge in [0.1, 0.15) is 11.5 Å². The first-order valence-electron chi connectivity index (χ1n) is 9.87. The van der Waals surface area contributed by atoms with Gasteiger partial charge in [-0.1, -0.05) is 0 Å². The Bertz CT molecular complexity index is 1050. The summed E-state index contributed by atoms with van der Waals surface area (Å²) in [6, 6.07) is 5.43. The maximum atomic E-state index is 13.2. The van der Waals surface area contributed by atoms with Gasteiger partial charge in [0.2, 0.25) is 5.91 Å². The van der Waals surface area contributed by atoms with Gasteiger partial charge >= 0.3 is 0 Å². The molecule has 7 nitrogen and oxygen atoms in total. The van der Waals surface area contributed by atoms with Crippen LogP contribution < -0.4 is 5.32 Å². The molecule has 1 N–H and O–H groups in total. The summed E-state index contributed by atoms with van der Waals surface area (Å²) in [6.45, 7) is 3.37. The minimum atomic E-state index is -2.72. The first-order chi connectivity index (χ1) is 14.3. The van der Waals surface area contributed by atoms with Crippen LogP contribution in [0.4, 0.5) is 14.6 Å². The van der Waals surface area contributed by atoms with Gasteiger partial charge in [-0.2, -0.15) is 0 Å². The lowest BCUT2D eigenvalue weighted by molar-refractivity contribution is -0.121. The third-order valence-electron chi connectivity index (χ3n) is 5.16. The summed E-state index contributed by atoms with van der Waals surface area (Å²) in [5.74, 6) is -1.55. The van der Waals surface area contributed by atoms with E-state index in [-0.39, 0.29) is 18.4 Å². The zero-order valence-electron chi connectivity index (χ0n) is 16.9. The van der Waals surface area contributed by atoms with Crippen LogP contribution in [0, 0.1) is 12.8 Å². The van der Waals surface area contributed by atoms with Gasteiger partial charge in [-0.3, -0.25) is 9.69 Å². The number of nitrogens with zero attached hydrogens (tertiary/aromatic N) is 4. The van der Waals surface area contributed by atoms with E-state index in [9.17, 15) is 13.6 Å². The van der Waals surface area contributed by atoms with Crippen LogP contribution in [0.25, 0.3) is 22.4 Å². The molecule has 3 aromatic heterocycles. The minimum absolute atomic E-state index is 0.147. The van der Waals surface area contributed by atoms with Crippen molar-refractivity contribution in [3.63, 3.8) is 0 Å². The molecular formula is C21H23F2N5O2. The Balaban J connectivity index is 1.43. The maximum Gasteiger partial charge on any atom is 0.257 e. The number of carbonyl (C=O) groups excluding carboxylic acids is 1. The number of hydrogen-bond donors (Lipinski definition) is 1. The molecule has 0 unspecified atom stereocenters. The van der Waals surface area contributed by atoms with E-state index < -0.39 is 5.92 Å². The number of rotatable bonds is 5. The van der Waals surface area contributed by atoms with Crippen LogP contribution in [0.2, 0.25) is 0 Å². The van der Waals surface area contributed by atoms with Crippen molar-refractivity contribution in [3.05, 3.63) is 36.5 Å². The molecule has 0 spiro atoms. The smallest absolute Gasteiger partial charge is 0.257 e. The van der Waals surface area contributed by atoms with Gasteiger partial charge in [0.05, 0.1) is 18.3 Å². The Hall–Kier alpha value is -2.94. The van der Waals surface area contributed by atoms with Crippen LogP contribution in [0.15, 0.2) is 35.0 Å². The van der Waals surface area contributed by atoms with Crippen molar-refractivity contribution < 1.29 is 18.0 Å². The summed E-state index contributed by atoms with van der Waals surface area (Å²) in [6.07, 6.45) is 4.36. The molecule has 1 fully saturated rings. The first-order valence-corrected chi connectivity index (χ1v) is 9.87. The molecule has 3 aromatic rings. The average molecular weight is 415 g/mol. The maximum absolute atomic E-state index is 13.2. The predicted molar refractivity (Wildman–Crippen MR) is 108 cm³/mol. The summed E-state index contributed by atoms with van der Waals surface area (Å²) in [5, 5.41) is 3.67. The number of pyridine rings is 2. The number of anilines is 1. The number of fused-ring (bicyclic) bond motifs is 1. The highest BCUT2D eigenvalue weighted by atomic mass is 19.3. The van der Waals surface area contributed by atoms with Crippen molar-refractivity contribution >= 4 is 22.6 Å². The third kappa shape index (κ3) is 4.79. The van der Waals surface area contributed by atoms with Crippen molar-refractivity contribution in [2.75, 3.05) is 25.0 Å². The monoisotopic (exact) mass is 415 g/mol. The van der Waals surface area contributed by atoms with Gasteiger partial charge in [-0.05, 0) is 38.1 Å². The number of likely N-dealkylation sites (tertiary alicyclic amines) is 1. The van der Waals surface area contributed by atoms with Gasteiger partial charge in [-0.25, -0.2) is 23.7 Å². The molecule has 1 aliphatic rings. The number of piperidine rings is 1.